The molecule has 0 fully saturated rings. The van der Waals surface area contributed by atoms with Gasteiger partial charge in [-0.15, -0.1) is 11.3 Å². The molecule has 1 N–H and O–H groups in total. The van der Waals surface area contributed by atoms with E-state index in [-0.39, 0.29) is 5.13 Å². The normalized spacial score (nSPS) is 11.4. The second-order valence-electron chi connectivity index (χ2n) is 3.86. The first-order chi connectivity index (χ1) is 9.40. The number of halogens is 4. The number of thiazole rings is 1. The number of hydrogen-bond donors (Lipinski definition) is 1. The number of nitrogens with zero attached hydrogens (tertiary/aromatic N) is 1. The third-order valence-electron chi connectivity index (χ3n) is 2.45. The summed E-state index contributed by atoms with van der Waals surface area (Å²) >= 11 is 6.87. The molecule has 2 rings (SSSR count). The zero-order chi connectivity index (χ0) is 14.8. The van der Waals surface area contributed by atoms with Crippen molar-refractivity contribution in [2.75, 3.05) is 12.4 Å². The summed E-state index contributed by atoms with van der Waals surface area (Å²) in [5.74, 6) is 0.545. The Labute approximate surface area is 122 Å². The van der Waals surface area contributed by atoms with E-state index in [2.05, 4.69) is 10.3 Å². The minimum atomic E-state index is -4.42. The molecule has 1 aromatic heterocycles. The summed E-state index contributed by atoms with van der Waals surface area (Å²) in [6.45, 7) is 0.328. The Morgan fingerprint density at radius 3 is 2.70 bits per heavy atom. The van der Waals surface area contributed by atoms with Crippen molar-refractivity contribution in [2.45, 2.75) is 12.7 Å². The van der Waals surface area contributed by atoms with Gasteiger partial charge in [0.15, 0.2) is 10.8 Å². The second-order valence-corrected chi connectivity index (χ2v) is 5.12. The van der Waals surface area contributed by atoms with Gasteiger partial charge in [-0.1, -0.05) is 17.7 Å². The van der Waals surface area contributed by atoms with Crippen LogP contribution in [0.25, 0.3) is 0 Å². The summed E-state index contributed by atoms with van der Waals surface area (Å²) in [6.07, 6.45) is -4.42. The summed E-state index contributed by atoms with van der Waals surface area (Å²) in [7, 11) is 1.51. The van der Waals surface area contributed by atoms with Gasteiger partial charge in [0, 0.05) is 11.9 Å². The molecule has 0 aliphatic carbocycles. The first-order valence-electron chi connectivity index (χ1n) is 5.49. The van der Waals surface area contributed by atoms with Gasteiger partial charge >= 0.3 is 6.18 Å². The van der Waals surface area contributed by atoms with Crippen molar-refractivity contribution in [3.8, 4) is 5.75 Å². The van der Waals surface area contributed by atoms with Crippen LogP contribution in [-0.2, 0) is 12.7 Å². The average molecular weight is 323 g/mol. The fourth-order valence-electron chi connectivity index (χ4n) is 1.48. The zero-order valence-corrected chi connectivity index (χ0v) is 11.9. The molecule has 20 heavy (non-hydrogen) atoms. The van der Waals surface area contributed by atoms with Crippen molar-refractivity contribution in [1.82, 2.24) is 4.98 Å². The number of methoxy groups -OCH3 is 1. The summed E-state index contributed by atoms with van der Waals surface area (Å²) in [5, 5.41) is 4.46. The molecule has 1 heterocycles. The molecular weight excluding hydrogens is 313 g/mol. The molecular formula is C12H10ClF3N2OS. The van der Waals surface area contributed by atoms with Crippen LogP contribution in [0.15, 0.2) is 23.6 Å². The van der Waals surface area contributed by atoms with E-state index >= 15 is 0 Å². The van der Waals surface area contributed by atoms with Crippen molar-refractivity contribution in [3.63, 3.8) is 0 Å². The van der Waals surface area contributed by atoms with Gasteiger partial charge < -0.3 is 10.1 Å². The molecule has 3 nitrogen and oxygen atoms in total. The molecule has 0 aliphatic heterocycles. The lowest BCUT2D eigenvalue weighted by Crippen LogP contribution is -2.06. The number of ether oxygens (including phenoxy) is 1. The molecule has 0 unspecified atom stereocenters. The maximum atomic E-state index is 12.4. The Morgan fingerprint density at radius 1 is 1.40 bits per heavy atom. The van der Waals surface area contributed by atoms with Crippen LogP contribution < -0.4 is 10.1 Å². The van der Waals surface area contributed by atoms with E-state index in [9.17, 15) is 13.2 Å². The SMILES string of the molecule is COc1ccc(CNc2nc(C(F)(F)F)cs2)cc1Cl. The summed E-state index contributed by atoms with van der Waals surface area (Å²) in [6, 6.07) is 5.16. The van der Waals surface area contributed by atoms with Gasteiger partial charge in [0.25, 0.3) is 0 Å². The number of anilines is 1. The van der Waals surface area contributed by atoms with E-state index in [0.717, 1.165) is 22.3 Å². The number of benzene rings is 1. The molecule has 2 aromatic rings. The average Bonchev–Trinajstić information content (AvgIpc) is 2.85. The molecule has 0 radical (unpaired) electrons. The van der Waals surface area contributed by atoms with Crippen molar-refractivity contribution in [3.05, 3.63) is 39.9 Å². The minimum Gasteiger partial charge on any atom is -0.495 e. The van der Waals surface area contributed by atoms with Gasteiger partial charge in [-0.05, 0) is 17.7 Å². The highest BCUT2D eigenvalue weighted by molar-refractivity contribution is 7.13. The predicted molar refractivity (Wildman–Crippen MR) is 72.4 cm³/mol. The number of alkyl halides is 3. The lowest BCUT2D eigenvalue weighted by Gasteiger charge is -2.07. The molecule has 8 heteroatoms. The molecule has 108 valence electrons. The number of nitrogens with one attached hydrogen (secondary N) is 1. The molecule has 1 aromatic carbocycles. The summed E-state index contributed by atoms with van der Waals surface area (Å²) in [5.41, 5.74) is -0.0719. The third kappa shape index (κ3) is 3.55. The minimum absolute atomic E-state index is 0.212. The Bertz CT molecular complexity index is 601. The highest BCUT2D eigenvalue weighted by Crippen LogP contribution is 2.32. The van der Waals surface area contributed by atoms with Crippen LogP contribution in [0.1, 0.15) is 11.3 Å². The fraction of sp³-hybridized carbons (Fsp3) is 0.250. The maximum Gasteiger partial charge on any atom is 0.434 e. The highest BCUT2D eigenvalue weighted by Gasteiger charge is 2.33. The van der Waals surface area contributed by atoms with E-state index in [1.807, 2.05) is 0 Å². The number of aromatic nitrogens is 1. The van der Waals surface area contributed by atoms with Crippen LogP contribution in [0.5, 0.6) is 5.75 Å². The topological polar surface area (TPSA) is 34.1 Å². The largest absolute Gasteiger partial charge is 0.495 e. The van der Waals surface area contributed by atoms with E-state index in [4.69, 9.17) is 16.3 Å². The molecule has 0 spiro atoms. The van der Waals surface area contributed by atoms with Crippen LogP contribution in [0, 0.1) is 0 Å². The second kappa shape index (κ2) is 5.88. The van der Waals surface area contributed by atoms with Crippen molar-refractivity contribution < 1.29 is 17.9 Å². The summed E-state index contributed by atoms with van der Waals surface area (Å²) < 4.78 is 42.2. The Kier molecular flexibility index (Phi) is 4.39. The highest BCUT2D eigenvalue weighted by atomic mass is 35.5. The zero-order valence-electron chi connectivity index (χ0n) is 10.3. The quantitative estimate of drug-likeness (QED) is 0.904. The Morgan fingerprint density at radius 2 is 2.15 bits per heavy atom. The number of rotatable bonds is 4. The van der Waals surface area contributed by atoms with Crippen molar-refractivity contribution >= 4 is 28.1 Å². The van der Waals surface area contributed by atoms with Crippen LogP contribution in [0.4, 0.5) is 18.3 Å². The molecule has 0 aliphatic rings. The smallest absolute Gasteiger partial charge is 0.434 e. The first-order valence-corrected chi connectivity index (χ1v) is 6.75. The van der Waals surface area contributed by atoms with Crippen molar-refractivity contribution in [1.29, 1.82) is 0 Å². The van der Waals surface area contributed by atoms with E-state index in [1.54, 1.807) is 18.2 Å². The van der Waals surface area contributed by atoms with Gasteiger partial charge in [0.1, 0.15) is 5.75 Å². The van der Waals surface area contributed by atoms with Crippen molar-refractivity contribution in [2.24, 2.45) is 0 Å². The maximum absolute atomic E-state index is 12.4. The number of hydrogen-bond acceptors (Lipinski definition) is 4. The van der Waals surface area contributed by atoms with Crippen LogP contribution >= 0.6 is 22.9 Å². The molecule has 0 atom stereocenters. The van der Waals surface area contributed by atoms with Crippen LogP contribution in [0.3, 0.4) is 0 Å². The third-order valence-corrected chi connectivity index (χ3v) is 3.55. The van der Waals surface area contributed by atoms with Gasteiger partial charge in [-0.2, -0.15) is 13.2 Å². The lowest BCUT2D eigenvalue weighted by molar-refractivity contribution is -0.140. The Hall–Kier alpha value is -1.47. The van der Waals surface area contributed by atoms with Gasteiger partial charge in [0.2, 0.25) is 0 Å². The van der Waals surface area contributed by atoms with E-state index < -0.39 is 11.9 Å². The Balaban J connectivity index is 2.02. The molecule has 0 amide bonds. The van der Waals surface area contributed by atoms with Gasteiger partial charge in [-0.3, -0.25) is 0 Å². The standard InChI is InChI=1S/C12H10ClF3N2OS/c1-19-9-3-2-7(4-8(9)13)5-17-11-18-10(6-20-11)12(14,15)16/h2-4,6H,5H2,1H3,(H,17,18). The molecule has 0 bridgehead atoms. The summed E-state index contributed by atoms with van der Waals surface area (Å²) in [4.78, 5) is 3.48. The van der Waals surface area contributed by atoms with Crippen LogP contribution in [0.2, 0.25) is 5.02 Å². The van der Waals surface area contributed by atoms with E-state index in [1.165, 1.54) is 7.11 Å². The molecule has 0 saturated carbocycles. The van der Waals surface area contributed by atoms with Crippen LogP contribution in [-0.4, -0.2) is 12.1 Å². The van der Waals surface area contributed by atoms with Gasteiger partial charge in [-0.25, -0.2) is 4.98 Å². The predicted octanol–water partition coefficient (Wildman–Crippen LogP) is 4.44. The lowest BCUT2D eigenvalue weighted by atomic mass is 10.2. The monoisotopic (exact) mass is 322 g/mol. The molecule has 0 saturated heterocycles. The first kappa shape index (κ1) is 14.9. The fourth-order valence-corrected chi connectivity index (χ4v) is 2.48. The van der Waals surface area contributed by atoms with E-state index in [0.29, 0.717) is 17.3 Å². The van der Waals surface area contributed by atoms with Gasteiger partial charge in [0.05, 0.1) is 12.1 Å².